The molecule has 0 N–H and O–H groups in total. The number of ether oxygens (including phenoxy) is 2. The van der Waals surface area contributed by atoms with E-state index < -0.39 is 0 Å². The minimum Gasteiger partial charge on any atom is -0.490 e. The van der Waals surface area contributed by atoms with E-state index in [9.17, 15) is 4.79 Å². The molecule has 0 saturated carbocycles. The molecule has 2 heterocycles. The lowest BCUT2D eigenvalue weighted by Crippen LogP contribution is -2.02. The van der Waals surface area contributed by atoms with Crippen molar-refractivity contribution in [1.82, 2.24) is 9.38 Å². The molecule has 21 heavy (non-hydrogen) atoms. The fourth-order valence-electron chi connectivity index (χ4n) is 2.04. The molecular formula is C15H14N2O3S. The average Bonchev–Trinajstić information content (AvgIpc) is 3.07. The van der Waals surface area contributed by atoms with Crippen molar-refractivity contribution in [3.8, 4) is 11.5 Å². The van der Waals surface area contributed by atoms with Crippen molar-refractivity contribution in [2.45, 2.75) is 13.5 Å². The lowest BCUT2D eigenvalue weighted by molar-refractivity contribution is 0.111. The third kappa shape index (κ3) is 2.75. The number of rotatable bonds is 6. The standard InChI is InChI=1S/C15H14N2O3S/c1-2-19-13-5-3-4-11(9-18)14(13)20-10-12-8-17-6-7-21-15(17)16-12/h3-9H,2,10H2,1H3. The number of fused-ring (bicyclic) bond motifs is 1. The molecule has 0 aliphatic carbocycles. The van der Waals surface area contributed by atoms with E-state index in [-0.39, 0.29) is 0 Å². The summed E-state index contributed by atoms with van der Waals surface area (Å²) in [5.74, 6) is 1.04. The Morgan fingerprint density at radius 3 is 3.05 bits per heavy atom. The second-order valence-corrected chi connectivity index (χ2v) is 5.21. The number of nitrogens with zero attached hydrogens (tertiary/aromatic N) is 2. The quantitative estimate of drug-likeness (QED) is 0.656. The van der Waals surface area contributed by atoms with Crippen LogP contribution in [0.3, 0.4) is 0 Å². The Labute approximate surface area is 125 Å². The van der Waals surface area contributed by atoms with Crippen LogP contribution in [0.25, 0.3) is 4.96 Å². The van der Waals surface area contributed by atoms with Gasteiger partial charge in [0.25, 0.3) is 0 Å². The summed E-state index contributed by atoms with van der Waals surface area (Å²) in [6.45, 7) is 2.69. The molecule has 0 bridgehead atoms. The zero-order valence-corrected chi connectivity index (χ0v) is 12.3. The van der Waals surface area contributed by atoms with Crippen LogP contribution in [-0.4, -0.2) is 22.3 Å². The van der Waals surface area contributed by atoms with Gasteiger partial charge in [-0.15, -0.1) is 11.3 Å². The molecule has 0 saturated heterocycles. The molecular weight excluding hydrogens is 288 g/mol. The zero-order chi connectivity index (χ0) is 14.7. The number of imidazole rings is 1. The van der Waals surface area contributed by atoms with Crippen molar-refractivity contribution in [2.75, 3.05) is 6.61 Å². The summed E-state index contributed by atoms with van der Waals surface area (Å²) < 4.78 is 13.2. The number of carbonyl (C=O) groups is 1. The van der Waals surface area contributed by atoms with Gasteiger partial charge in [0.1, 0.15) is 6.61 Å². The topological polar surface area (TPSA) is 52.8 Å². The molecule has 0 spiro atoms. The molecule has 1 aromatic carbocycles. The van der Waals surface area contributed by atoms with Crippen LogP contribution in [0.15, 0.2) is 36.0 Å². The van der Waals surface area contributed by atoms with Crippen molar-refractivity contribution in [1.29, 1.82) is 0 Å². The van der Waals surface area contributed by atoms with Crippen molar-refractivity contribution in [3.63, 3.8) is 0 Å². The lowest BCUT2D eigenvalue weighted by Gasteiger charge is -2.12. The van der Waals surface area contributed by atoms with Gasteiger partial charge in [0.2, 0.25) is 0 Å². The van der Waals surface area contributed by atoms with Gasteiger partial charge >= 0.3 is 0 Å². The van der Waals surface area contributed by atoms with Crippen LogP contribution in [0.5, 0.6) is 11.5 Å². The average molecular weight is 302 g/mol. The van der Waals surface area contributed by atoms with Gasteiger partial charge in [0.05, 0.1) is 17.9 Å². The van der Waals surface area contributed by atoms with Crippen LogP contribution in [0.1, 0.15) is 23.0 Å². The van der Waals surface area contributed by atoms with Crippen LogP contribution in [0.4, 0.5) is 0 Å². The monoisotopic (exact) mass is 302 g/mol. The molecule has 0 amide bonds. The highest BCUT2D eigenvalue weighted by molar-refractivity contribution is 7.15. The van der Waals surface area contributed by atoms with E-state index in [0.717, 1.165) is 16.9 Å². The zero-order valence-electron chi connectivity index (χ0n) is 11.5. The highest BCUT2D eigenvalue weighted by atomic mass is 32.1. The lowest BCUT2D eigenvalue weighted by atomic mass is 10.2. The normalized spacial score (nSPS) is 10.7. The molecule has 5 nitrogen and oxygen atoms in total. The summed E-state index contributed by atoms with van der Waals surface area (Å²) in [5, 5.41) is 1.97. The van der Waals surface area contributed by atoms with Crippen molar-refractivity contribution >= 4 is 22.6 Å². The number of hydrogen-bond donors (Lipinski definition) is 0. The van der Waals surface area contributed by atoms with E-state index >= 15 is 0 Å². The predicted molar refractivity (Wildman–Crippen MR) is 80.4 cm³/mol. The molecule has 0 aliphatic rings. The highest BCUT2D eigenvalue weighted by Gasteiger charge is 2.12. The largest absolute Gasteiger partial charge is 0.490 e. The van der Waals surface area contributed by atoms with Crippen molar-refractivity contribution in [2.24, 2.45) is 0 Å². The maximum absolute atomic E-state index is 11.1. The van der Waals surface area contributed by atoms with E-state index in [1.54, 1.807) is 29.5 Å². The molecule has 3 rings (SSSR count). The third-order valence-corrected chi connectivity index (χ3v) is 3.71. The Morgan fingerprint density at radius 1 is 1.38 bits per heavy atom. The number of aldehydes is 1. The van der Waals surface area contributed by atoms with Gasteiger partial charge in [0.15, 0.2) is 22.7 Å². The molecule has 0 fully saturated rings. The number of benzene rings is 1. The maximum atomic E-state index is 11.1. The first-order chi connectivity index (χ1) is 10.3. The minimum atomic E-state index is 0.291. The van der Waals surface area contributed by atoms with Gasteiger partial charge in [-0.05, 0) is 19.1 Å². The summed E-state index contributed by atoms with van der Waals surface area (Å²) in [4.78, 5) is 16.5. The second kappa shape index (κ2) is 5.97. The summed E-state index contributed by atoms with van der Waals surface area (Å²) in [6, 6.07) is 5.27. The van der Waals surface area contributed by atoms with E-state index in [1.807, 2.05) is 29.1 Å². The minimum absolute atomic E-state index is 0.291. The molecule has 0 radical (unpaired) electrons. The first-order valence-corrected chi connectivity index (χ1v) is 7.44. The summed E-state index contributed by atoms with van der Waals surface area (Å²) in [7, 11) is 0. The number of carbonyl (C=O) groups excluding carboxylic acids is 1. The Balaban J connectivity index is 1.83. The molecule has 6 heteroatoms. The van der Waals surface area contributed by atoms with Crippen molar-refractivity contribution in [3.05, 3.63) is 47.2 Å². The van der Waals surface area contributed by atoms with Crippen LogP contribution in [0, 0.1) is 0 Å². The molecule has 0 atom stereocenters. The van der Waals surface area contributed by atoms with Crippen LogP contribution in [-0.2, 0) is 6.61 Å². The van der Waals surface area contributed by atoms with E-state index in [2.05, 4.69) is 4.98 Å². The molecule has 3 aromatic rings. The van der Waals surface area contributed by atoms with Crippen LogP contribution in [0.2, 0.25) is 0 Å². The van der Waals surface area contributed by atoms with E-state index in [0.29, 0.717) is 30.3 Å². The smallest absolute Gasteiger partial charge is 0.193 e. The molecule has 2 aromatic heterocycles. The highest BCUT2D eigenvalue weighted by Crippen LogP contribution is 2.31. The van der Waals surface area contributed by atoms with Gasteiger partial charge in [-0.3, -0.25) is 9.20 Å². The van der Waals surface area contributed by atoms with E-state index in [1.165, 1.54) is 0 Å². The number of para-hydroxylation sites is 1. The summed E-state index contributed by atoms with van der Waals surface area (Å²) >= 11 is 1.56. The van der Waals surface area contributed by atoms with Crippen molar-refractivity contribution < 1.29 is 14.3 Å². The fourth-order valence-corrected chi connectivity index (χ4v) is 2.76. The number of hydrogen-bond acceptors (Lipinski definition) is 5. The number of aromatic nitrogens is 2. The van der Waals surface area contributed by atoms with Gasteiger partial charge in [-0.25, -0.2) is 4.98 Å². The first-order valence-electron chi connectivity index (χ1n) is 6.56. The second-order valence-electron chi connectivity index (χ2n) is 4.34. The Hall–Kier alpha value is -2.34. The Bertz CT molecular complexity index is 735. The maximum Gasteiger partial charge on any atom is 0.193 e. The molecule has 0 unspecified atom stereocenters. The van der Waals surface area contributed by atoms with E-state index in [4.69, 9.17) is 9.47 Å². The fraction of sp³-hybridized carbons (Fsp3) is 0.200. The summed E-state index contributed by atoms with van der Waals surface area (Å²) in [5.41, 5.74) is 1.28. The van der Waals surface area contributed by atoms with Gasteiger partial charge < -0.3 is 9.47 Å². The van der Waals surface area contributed by atoms with Crippen LogP contribution < -0.4 is 9.47 Å². The third-order valence-electron chi connectivity index (χ3n) is 2.94. The first kappa shape index (κ1) is 13.6. The van der Waals surface area contributed by atoms with Gasteiger partial charge in [-0.1, -0.05) is 6.07 Å². The van der Waals surface area contributed by atoms with Gasteiger partial charge in [-0.2, -0.15) is 0 Å². The Kier molecular flexibility index (Phi) is 3.87. The SMILES string of the molecule is CCOc1cccc(C=O)c1OCc1cn2ccsc2n1. The summed E-state index contributed by atoms with van der Waals surface area (Å²) in [6.07, 6.45) is 4.63. The van der Waals surface area contributed by atoms with Gasteiger partial charge in [0, 0.05) is 17.8 Å². The molecule has 0 aliphatic heterocycles. The Morgan fingerprint density at radius 2 is 2.29 bits per heavy atom. The predicted octanol–water partition coefficient (Wildman–Crippen LogP) is 3.19. The van der Waals surface area contributed by atoms with Crippen LogP contribution >= 0.6 is 11.3 Å². The molecule has 108 valence electrons. The number of thiazole rings is 1.